The molecule has 3 aromatic rings. The van der Waals surface area contributed by atoms with Gasteiger partial charge in [-0.3, -0.25) is 4.79 Å². The first kappa shape index (κ1) is 16.2. The van der Waals surface area contributed by atoms with Crippen LogP contribution in [0.5, 0.6) is 0 Å². The third-order valence-corrected chi connectivity index (χ3v) is 4.27. The number of hydrogen-bond acceptors (Lipinski definition) is 6. The summed E-state index contributed by atoms with van der Waals surface area (Å²) in [5.74, 6) is 2.92. The van der Waals surface area contributed by atoms with Crippen LogP contribution in [0, 0.1) is 5.92 Å². The van der Waals surface area contributed by atoms with Gasteiger partial charge < -0.3 is 4.42 Å². The van der Waals surface area contributed by atoms with Crippen molar-refractivity contribution in [1.82, 2.24) is 25.6 Å². The minimum atomic E-state index is -0.346. The fourth-order valence-corrected chi connectivity index (χ4v) is 2.70. The highest BCUT2D eigenvalue weighted by Crippen LogP contribution is 2.47. The van der Waals surface area contributed by atoms with Gasteiger partial charge in [-0.1, -0.05) is 37.3 Å². The van der Waals surface area contributed by atoms with Gasteiger partial charge in [-0.25, -0.2) is 5.43 Å². The summed E-state index contributed by atoms with van der Waals surface area (Å²) in [5.41, 5.74) is 3.28. The summed E-state index contributed by atoms with van der Waals surface area (Å²) in [4.78, 5) is 13.2. The van der Waals surface area contributed by atoms with Crippen molar-refractivity contribution >= 4 is 12.1 Å². The van der Waals surface area contributed by atoms with Crippen molar-refractivity contribution in [2.45, 2.75) is 25.8 Å². The molecule has 8 nitrogen and oxygen atoms in total. The molecule has 1 saturated carbocycles. The fourth-order valence-electron chi connectivity index (χ4n) is 2.70. The molecule has 2 heterocycles. The number of aromatic nitrogens is 4. The molecule has 132 valence electrons. The Hall–Kier alpha value is -3.29. The molecule has 1 aromatic carbocycles. The van der Waals surface area contributed by atoms with Crippen molar-refractivity contribution in [3.8, 4) is 11.4 Å². The monoisotopic (exact) mass is 350 g/mol. The van der Waals surface area contributed by atoms with Crippen molar-refractivity contribution in [3.05, 3.63) is 54.0 Å². The second-order valence-corrected chi connectivity index (χ2v) is 6.36. The number of amides is 1. The number of nitrogens with zero attached hydrogens (tertiary/aromatic N) is 5. The Bertz CT molecular complexity index is 930. The second-order valence-electron chi connectivity index (χ2n) is 6.36. The van der Waals surface area contributed by atoms with Gasteiger partial charge in [0.2, 0.25) is 5.82 Å². The lowest BCUT2D eigenvalue weighted by atomic mass is 10.2. The predicted octanol–water partition coefficient (Wildman–Crippen LogP) is 2.21. The van der Waals surface area contributed by atoms with Crippen molar-refractivity contribution in [2.24, 2.45) is 11.0 Å². The Morgan fingerprint density at radius 1 is 1.35 bits per heavy atom. The first-order chi connectivity index (χ1) is 12.7. The minimum Gasteiger partial charge on any atom is -0.460 e. The molecule has 0 bridgehead atoms. The Morgan fingerprint density at radius 2 is 2.15 bits per heavy atom. The number of furan rings is 1. The average Bonchev–Trinajstić information content (AvgIpc) is 3.03. The van der Waals surface area contributed by atoms with E-state index in [1.807, 2.05) is 42.5 Å². The summed E-state index contributed by atoms with van der Waals surface area (Å²) in [7, 11) is 0. The molecule has 0 saturated heterocycles. The molecule has 1 fully saturated rings. The lowest BCUT2D eigenvalue weighted by Crippen LogP contribution is -2.24. The van der Waals surface area contributed by atoms with Crippen LogP contribution < -0.4 is 5.43 Å². The molecule has 2 atom stereocenters. The highest BCUT2D eigenvalue weighted by molar-refractivity contribution is 5.80. The number of hydrogen-bond donors (Lipinski definition) is 1. The topological polar surface area (TPSA) is 98.2 Å². The van der Waals surface area contributed by atoms with E-state index in [1.54, 1.807) is 0 Å². The van der Waals surface area contributed by atoms with E-state index in [4.69, 9.17) is 4.42 Å². The van der Waals surface area contributed by atoms with Gasteiger partial charge in [0, 0.05) is 11.5 Å². The van der Waals surface area contributed by atoms with Crippen LogP contribution in [0.15, 0.2) is 52.0 Å². The second kappa shape index (κ2) is 6.91. The number of rotatable bonds is 6. The molecule has 1 aliphatic carbocycles. The van der Waals surface area contributed by atoms with Crippen molar-refractivity contribution in [3.63, 3.8) is 0 Å². The molecule has 4 rings (SSSR count). The first-order valence-corrected chi connectivity index (χ1v) is 8.44. The molecular weight excluding hydrogens is 332 g/mol. The third-order valence-electron chi connectivity index (χ3n) is 4.27. The number of hydrazone groups is 1. The smallest absolute Gasteiger partial charge is 0.263 e. The zero-order chi connectivity index (χ0) is 17.9. The first-order valence-electron chi connectivity index (χ1n) is 8.44. The van der Waals surface area contributed by atoms with Crippen LogP contribution in [0.25, 0.3) is 11.4 Å². The molecule has 26 heavy (non-hydrogen) atoms. The summed E-state index contributed by atoms with van der Waals surface area (Å²) in [6, 6.07) is 13.3. The standard InChI is InChI=1S/C18H18N6O2/c1-12-9-15(12)16-8-7-14(26-16)10-19-20-17(25)11-24-22-18(21-23-24)13-5-3-2-4-6-13/h2-8,10,12,15H,9,11H2,1H3,(H,20,25)/b19-10-/t12-,15-/m1/s1. The zero-order valence-electron chi connectivity index (χ0n) is 14.2. The Kier molecular flexibility index (Phi) is 4.30. The van der Waals surface area contributed by atoms with E-state index < -0.39 is 0 Å². The number of carbonyl (C=O) groups excluding carboxylic acids is 1. The summed E-state index contributed by atoms with van der Waals surface area (Å²) in [6.45, 7) is 2.13. The van der Waals surface area contributed by atoms with E-state index in [9.17, 15) is 4.79 Å². The van der Waals surface area contributed by atoms with Crippen LogP contribution in [0.2, 0.25) is 0 Å². The van der Waals surface area contributed by atoms with E-state index in [2.05, 4.69) is 32.9 Å². The minimum absolute atomic E-state index is 0.0693. The highest BCUT2D eigenvalue weighted by Gasteiger charge is 2.36. The average molecular weight is 350 g/mol. The zero-order valence-corrected chi connectivity index (χ0v) is 14.2. The van der Waals surface area contributed by atoms with Crippen LogP contribution in [0.1, 0.15) is 30.8 Å². The maximum absolute atomic E-state index is 11.9. The van der Waals surface area contributed by atoms with Gasteiger partial charge in [0.25, 0.3) is 5.91 Å². The summed E-state index contributed by atoms with van der Waals surface area (Å²) < 4.78 is 5.69. The molecule has 0 unspecified atom stereocenters. The van der Waals surface area contributed by atoms with Gasteiger partial charge in [-0.2, -0.15) is 9.90 Å². The molecule has 1 N–H and O–H groups in total. The van der Waals surface area contributed by atoms with Crippen LogP contribution in [0.3, 0.4) is 0 Å². The molecule has 0 radical (unpaired) electrons. The van der Waals surface area contributed by atoms with E-state index in [0.29, 0.717) is 23.4 Å². The van der Waals surface area contributed by atoms with E-state index in [1.165, 1.54) is 11.0 Å². The lowest BCUT2D eigenvalue weighted by Gasteiger charge is -1.97. The molecule has 0 aliphatic heterocycles. The van der Waals surface area contributed by atoms with E-state index >= 15 is 0 Å². The summed E-state index contributed by atoms with van der Waals surface area (Å²) >= 11 is 0. The van der Waals surface area contributed by atoms with Gasteiger partial charge in [0.05, 0.1) is 6.21 Å². The van der Waals surface area contributed by atoms with Crippen LogP contribution in [-0.2, 0) is 11.3 Å². The number of benzene rings is 1. The van der Waals surface area contributed by atoms with Gasteiger partial charge in [0.1, 0.15) is 18.1 Å². The van der Waals surface area contributed by atoms with Gasteiger partial charge >= 0.3 is 0 Å². The van der Waals surface area contributed by atoms with Crippen molar-refractivity contribution in [2.75, 3.05) is 0 Å². The largest absolute Gasteiger partial charge is 0.460 e. The molecule has 1 aliphatic rings. The maximum atomic E-state index is 11.9. The fraction of sp³-hybridized carbons (Fsp3) is 0.278. The molecule has 2 aromatic heterocycles. The molecule has 1 amide bonds. The van der Waals surface area contributed by atoms with Crippen LogP contribution in [0.4, 0.5) is 0 Å². The number of tetrazole rings is 1. The van der Waals surface area contributed by atoms with Crippen LogP contribution in [-0.4, -0.2) is 32.3 Å². The van der Waals surface area contributed by atoms with E-state index in [-0.39, 0.29) is 12.5 Å². The van der Waals surface area contributed by atoms with Crippen LogP contribution >= 0.6 is 0 Å². The molecule has 8 heteroatoms. The number of carbonyl (C=O) groups is 1. The van der Waals surface area contributed by atoms with Crippen molar-refractivity contribution < 1.29 is 9.21 Å². The normalized spacial score (nSPS) is 19.0. The predicted molar refractivity (Wildman–Crippen MR) is 94.2 cm³/mol. The SMILES string of the molecule is C[C@@H]1C[C@H]1c1ccc(/C=N\NC(=O)Cn2nnc(-c3ccccc3)n2)o1. The Labute approximate surface area is 149 Å². The summed E-state index contributed by atoms with van der Waals surface area (Å²) in [5, 5.41) is 15.9. The Balaban J connectivity index is 1.30. The molecular formula is C18H18N6O2. The number of nitrogens with one attached hydrogen (secondary N) is 1. The highest BCUT2D eigenvalue weighted by atomic mass is 16.3. The van der Waals surface area contributed by atoms with Crippen molar-refractivity contribution in [1.29, 1.82) is 0 Å². The molecule has 0 spiro atoms. The lowest BCUT2D eigenvalue weighted by molar-refractivity contribution is -0.122. The summed E-state index contributed by atoms with van der Waals surface area (Å²) in [6.07, 6.45) is 2.65. The van der Waals surface area contributed by atoms with E-state index in [0.717, 1.165) is 17.7 Å². The van der Waals surface area contributed by atoms with Gasteiger partial charge in [-0.05, 0) is 29.7 Å². The van der Waals surface area contributed by atoms with Gasteiger partial charge in [0.15, 0.2) is 0 Å². The Morgan fingerprint density at radius 3 is 2.92 bits per heavy atom. The van der Waals surface area contributed by atoms with Gasteiger partial charge in [-0.15, -0.1) is 10.2 Å². The quantitative estimate of drug-likeness (QED) is 0.543. The maximum Gasteiger partial charge on any atom is 0.263 e. The third kappa shape index (κ3) is 3.69.